The molecule has 0 aliphatic carbocycles. The second-order valence-electron chi connectivity index (χ2n) is 3.47. The Bertz CT molecular complexity index is 354. The van der Waals surface area contributed by atoms with Crippen LogP contribution in [0.2, 0.25) is 0 Å². The zero-order valence-corrected chi connectivity index (χ0v) is 9.16. The molecule has 0 unspecified atom stereocenters. The van der Waals surface area contributed by atoms with Gasteiger partial charge in [0, 0.05) is 26.3 Å². The van der Waals surface area contributed by atoms with E-state index in [2.05, 4.69) is 0 Å². The number of aromatic nitrogens is 1. The van der Waals surface area contributed by atoms with Crippen LogP contribution in [-0.4, -0.2) is 29.0 Å². The number of carbonyl (C=O) groups is 1. The fourth-order valence-corrected chi connectivity index (χ4v) is 1.35. The number of aryl methyl sites for hydroxylation is 1. The molecule has 0 spiro atoms. The van der Waals surface area contributed by atoms with Crippen LogP contribution in [0.3, 0.4) is 0 Å². The van der Waals surface area contributed by atoms with E-state index in [1.54, 1.807) is 11.9 Å². The van der Waals surface area contributed by atoms with E-state index in [0.717, 1.165) is 5.69 Å². The van der Waals surface area contributed by atoms with Gasteiger partial charge in [-0.3, -0.25) is 4.79 Å². The molecule has 4 heteroatoms. The Morgan fingerprint density at radius 3 is 2.57 bits per heavy atom. The lowest BCUT2D eigenvalue weighted by Crippen LogP contribution is -2.28. The van der Waals surface area contributed by atoms with E-state index in [1.807, 2.05) is 31.5 Å². The van der Waals surface area contributed by atoms with Gasteiger partial charge in [0.25, 0.3) is 5.91 Å². The Labute approximate surface area is 84.3 Å². The molecule has 1 heterocycles. The zero-order chi connectivity index (χ0) is 10.9. The molecule has 1 aromatic rings. The third-order valence-corrected chi connectivity index (χ3v) is 2.53. The highest BCUT2D eigenvalue weighted by atomic mass is 16.2. The van der Waals surface area contributed by atoms with E-state index >= 15 is 0 Å². The summed E-state index contributed by atoms with van der Waals surface area (Å²) in [5, 5.41) is 0. The number of nitrogens with two attached hydrogens (primary N) is 1. The maximum absolute atomic E-state index is 11.9. The quantitative estimate of drug-likeness (QED) is 0.765. The number of carbonyl (C=O) groups excluding carboxylic acids is 1. The topological polar surface area (TPSA) is 51.3 Å². The standard InChI is InChI=1S/C10H17N3O/c1-5-12(3)10(14)9-8(11)6-7(2)13(9)4/h6H,5,11H2,1-4H3. The van der Waals surface area contributed by atoms with Gasteiger partial charge in [0.1, 0.15) is 5.69 Å². The van der Waals surface area contributed by atoms with Crippen molar-refractivity contribution in [3.63, 3.8) is 0 Å². The highest BCUT2D eigenvalue weighted by Gasteiger charge is 2.18. The molecule has 0 saturated carbocycles. The molecule has 14 heavy (non-hydrogen) atoms. The average Bonchev–Trinajstić information content (AvgIpc) is 2.39. The van der Waals surface area contributed by atoms with Crippen molar-refractivity contribution in [3.05, 3.63) is 17.5 Å². The number of anilines is 1. The van der Waals surface area contributed by atoms with Crippen molar-refractivity contribution in [2.75, 3.05) is 19.3 Å². The summed E-state index contributed by atoms with van der Waals surface area (Å²) in [6, 6.07) is 1.82. The average molecular weight is 195 g/mol. The minimum absolute atomic E-state index is 0.0272. The third kappa shape index (κ3) is 1.60. The molecule has 1 amide bonds. The molecule has 4 nitrogen and oxygen atoms in total. The Balaban J connectivity index is 3.12. The Morgan fingerprint density at radius 1 is 1.64 bits per heavy atom. The minimum atomic E-state index is -0.0272. The third-order valence-electron chi connectivity index (χ3n) is 2.53. The minimum Gasteiger partial charge on any atom is -0.397 e. The smallest absolute Gasteiger partial charge is 0.272 e. The fraction of sp³-hybridized carbons (Fsp3) is 0.500. The van der Waals surface area contributed by atoms with Crippen molar-refractivity contribution in [3.8, 4) is 0 Å². The van der Waals surface area contributed by atoms with Gasteiger partial charge in [0.05, 0.1) is 5.69 Å². The normalized spacial score (nSPS) is 10.3. The lowest BCUT2D eigenvalue weighted by atomic mass is 10.3. The summed E-state index contributed by atoms with van der Waals surface area (Å²) in [4.78, 5) is 13.5. The van der Waals surface area contributed by atoms with Crippen LogP contribution in [0.1, 0.15) is 23.1 Å². The Hall–Kier alpha value is -1.45. The molecule has 0 radical (unpaired) electrons. The van der Waals surface area contributed by atoms with Gasteiger partial charge >= 0.3 is 0 Å². The molecule has 1 rings (SSSR count). The Kier molecular flexibility index (Phi) is 2.84. The zero-order valence-electron chi connectivity index (χ0n) is 9.16. The number of nitrogen functional groups attached to an aromatic ring is 1. The summed E-state index contributed by atoms with van der Waals surface area (Å²) >= 11 is 0. The van der Waals surface area contributed by atoms with Crippen molar-refractivity contribution in [1.82, 2.24) is 9.47 Å². The van der Waals surface area contributed by atoms with Crippen LogP contribution in [0.4, 0.5) is 5.69 Å². The highest BCUT2D eigenvalue weighted by molar-refractivity contribution is 5.97. The number of hydrogen-bond donors (Lipinski definition) is 1. The van der Waals surface area contributed by atoms with Crippen LogP contribution < -0.4 is 5.73 Å². The molecule has 2 N–H and O–H groups in total. The number of nitrogens with zero attached hydrogens (tertiary/aromatic N) is 2. The van der Waals surface area contributed by atoms with Crippen LogP contribution in [0.25, 0.3) is 0 Å². The molecule has 0 atom stereocenters. The first-order chi connectivity index (χ1) is 6.49. The first-order valence-corrected chi connectivity index (χ1v) is 4.66. The van der Waals surface area contributed by atoms with E-state index in [0.29, 0.717) is 17.9 Å². The molecule has 0 aliphatic heterocycles. The van der Waals surface area contributed by atoms with E-state index in [9.17, 15) is 4.79 Å². The van der Waals surface area contributed by atoms with Gasteiger partial charge in [0.2, 0.25) is 0 Å². The van der Waals surface area contributed by atoms with Gasteiger partial charge < -0.3 is 15.2 Å². The monoisotopic (exact) mass is 195 g/mol. The molecular weight excluding hydrogens is 178 g/mol. The highest BCUT2D eigenvalue weighted by Crippen LogP contribution is 2.17. The van der Waals surface area contributed by atoms with E-state index in [4.69, 9.17) is 5.73 Å². The lowest BCUT2D eigenvalue weighted by molar-refractivity contribution is 0.0794. The van der Waals surface area contributed by atoms with Gasteiger partial charge in [-0.1, -0.05) is 0 Å². The number of amides is 1. The molecule has 0 saturated heterocycles. The molecule has 1 aromatic heterocycles. The molecule has 0 aliphatic rings. The predicted octanol–water partition coefficient (Wildman–Crippen LogP) is 1.01. The van der Waals surface area contributed by atoms with E-state index in [-0.39, 0.29) is 5.91 Å². The van der Waals surface area contributed by atoms with Crippen molar-refractivity contribution < 1.29 is 4.79 Å². The van der Waals surface area contributed by atoms with Crippen LogP contribution in [0.15, 0.2) is 6.07 Å². The number of hydrogen-bond acceptors (Lipinski definition) is 2. The summed E-state index contributed by atoms with van der Waals surface area (Å²) in [6.45, 7) is 4.55. The maximum atomic E-state index is 11.9. The van der Waals surface area contributed by atoms with Gasteiger partial charge in [0.15, 0.2) is 0 Å². The molecule has 78 valence electrons. The molecule has 0 fully saturated rings. The van der Waals surface area contributed by atoms with Gasteiger partial charge in [-0.25, -0.2) is 0 Å². The molecule has 0 aromatic carbocycles. The van der Waals surface area contributed by atoms with Crippen molar-refractivity contribution in [2.45, 2.75) is 13.8 Å². The molecular formula is C10H17N3O. The first-order valence-electron chi connectivity index (χ1n) is 4.66. The summed E-state index contributed by atoms with van der Waals surface area (Å²) in [6.07, 6.45) is 0. The lowest BCUT2D eigenvalue weighted by Gasteiger charge is -2.15. The molecule has 0 bridgehead atoms. The van der Waals surface area contributed by atoms with Crippen LogP contribution in [-0.2, 0) is 7.05 Å². The van der Waals surface area contributed by atoms with Gasteiger partial charge in [-0.15, -0.1) is 0 Å². The maximum Gasteiger partial charge on any atom is 0.272 e. The van der Waals surface area contributed by atoms with Crippen molar-refractivity contribution in [2.24, 2.45) is 7.05 Å². The van der Waals surface area contributed by atoms with E-state index in [1.165, 1.54) is 0 Å². The second-order valence-corrected chi connectivity index (χ2v) is 3.47. The Morgan fingerprint density at radius 2 is 2.21 bits per heavy atom. The van der Waals surface area contributed by atoms with E-state index < -0.39 is 0 Å². The largest absolute Gasteiger partial charge is 0.397 e. The van der Waals surface area contributed by atoms with Gasteiger partial charge in [-0.05, 0) is 19.9 Å². The summed E-state index contributed by atoms with van der Waals surface area (Å²) < 4.78 is 1.82. The van der Waals surface area contributed by atoms with Crippen LogP contribution in [0.5, 0.6) is 0 Å². The predicted molar refractivity (Wildman–Crippen MR) is 57.2 cm³/mol. The first kappa shape index (κ1) is 10.6. The summed E-state index contributed by atoms with van der Waals surface area (Å²) in [7, 11) is 3.62. The fourth-order valence-electron chi connectivity index (χ4n) is 1.35. The van der Waals surface area contributed by atoms with Crippen molar-refractivity contribution in [1.29, 1.82) is 0 Å². The summed E-state index contributed by atoms with van der Waals surface area (Å²) in [5.74, 6) is -0.0272. The number of rotatable bonds is 2. The van der Waals surface area contributed by atoms with Gasteiger partial charge in [-0.2, -0.15) is 0 Å². The van der Waals surface area contributed by atoms with Crippen LogP contribution >= 0.6 is 0 Å². The van der Waals surface area contributed by atoms with Crippen LogP contribution in [0, 0.1) is 6.92 Å². The SMILES string of the molecule is CCN(C)C(=O)c1c(N)cc(C)n1C. The van der Waals surface area contributed by atoms with Crippen molar-refractivity contribution >= 4 is 11.6 Å². The second kappa shape index (κ2) is 3.74. The summed E-state index contributed by atoms with van der Waals surface area (Å²) in [5.41, 5.74) is 7.89.